The number of hydrogen-bond acceptors (Lipinski definition) is 2. The van der Waals surface area contributed by atoms with E-state index in [1.165, 1.54) is 0 Å². The van der Waals surface area contributed by atoms with Crippen LogP contribution >= 0.6 is 23.2 Å². The molecular formula is C15H14Cl2N2O. The van der Waals surface area contributed by atoms with Crippen LogP contribution in [0.2, 0.25) is 10.0 Å². The molecule has 2 aromatic rings. The van der Waals surface area contributed by atoms with E-state index < -0.39 is 5.54 Å². The molecule has 3 nitrogen and oxygen atoms in total. The number of amides is 1. The van der Waals surface area contributed by atoms with E-state index in [9.17, 15) is 4.79 Å². The van der Waals surface area contributed by atoms with Crippen molar-refractivity contribution in [3.8, 4) is 0 Å². The fourth-order valence-electron chi connectivity index (χ4n) is 1.87. The van der Waals surface area contributed by atoms with Crippen LogP contribution in [-0.2, 0) is 5.54 Å². The molecule has 0 spiro atoms. The lowest BCUT2D eigenvalue weighted by Crippen LogP contribution is -2.41. The quantitative estimate of drug-likeness (QED) is 0.929. The van der Waals surface area contributed by atoms with Gasteiger partial charge in [0.2, 0.25) is 0 Å². The molecule has 1 aromatic heterocycles. The summed E-state index contributed by atoms with van der Waals surface area (Å²) >= 11 is 11.9. The Morgan fingerprint density at radius 3 is 2.40 bits per heavy atom. The Bertz CT molecular complexity index is 627. The van der Waals surface area contributed by atoms with Gasteiger partial charge in [-0.25, -0.2) is 0 Å². The first kappa shape index (κ1) is 14.8. The smallest absolute Gasteiger partial charge is 0.253 e. The Hall–Kier alpha value is -1.58. The fraction of sp³-hybridized carbons (Fsp3) is 0.200. The minimum Gasteiger partial charge on any atom is -0.343 e. The number of aromatic nitrogens is 1. The highest BCUT2D eigenvalue weighted by molar-refractivity contribution is 6.36. The molecule has 1 amide bonds. The van der Waals surface area contributed by atoms with Crippen LogP contribution in [0.3, 0.4) is 0 Å². The summed E-state index contributed by atoms with van der Waals surface area (Å²) in [7, 11) is 0. The molecule has 5 heteroatoms. The zero-order valence-electron chi connectivity index (χ0n) is 11.2. The van der Waals surface area contributed by atoms with Crippen molar-refractivity contribution in [1.82, 2.24) is 10.3 Å². The number of nitrogens with one attached hydrogen (secondary N) is 1. The predicted octanol–water partition coefficient (Wildman–Crippen LogP) is 4.05. The van der Waals surface area contributed by atoms with Crippen LogP contribution in [0.15, 0.2) is 42.7 Å². The van der Waals surface area contributed by atoms with Gasteiger partial charge in [-0.15, -0.1) is 0 Å². The van der Waals surface area contributed by atoms with E-state index in [1.807, 2.05) is 26.0 Å². The zero-order valence-corrected chi connectivity index (χ0v) is 12.7. The number of carbonyl (C=O) groups excluding carboxylic acids is 1. The van der Waals surface area contributed by atoms with Gasteiger partial charge in [0.1, 0.15) is 0 Å². The minimum atomic E-state index is -0.525. The third-order valence-electron chi connectivity index (χ3n) is 3.00. The summed E-state index contributed by atoms with van der Waals surface area (Å²) in [6, 6.07) is 8.54. The van der Waals surface area contributed by atoms with E-state index in [0.717, 1.165) is 5.56 Å². The van der Waals surface area contributed by atoms with Crippen molar-refractivity contribution in [3.63, 3.8) is 0 Å². The fourth-order valence-corrected chi connectivity index (χ4v) is 2.36. The second-order valence-electron chi connectivity index (χ2n) is 4.94. The summed E-state index contributed by atoms with van der Waals surface area (Å²) < 4.78 is 0. The molecule has 1 heterocycles. The van der Waals surface area contributed by atoms with Crippen LogP contribution in [0.1, 0.15) is 29.8 Å². The summed E-state index contributed by atoms with van der Waals surface area (Å²) in [6.45, 7) is 3.84. The van der Waals surface area contributed by atoms with Gasteiger partial charge in [-0.2, -0.15) is 0 Å². The van der Waals surface area contributed by atoms with Crippen LogP contribution in [0, 0.1) is 0 Å². The molecule has 0 atom stereocenters. The Balaban J connectivity index is 2.23. The van der Waals surface area contributed by atoms with Gasteiger partial charge < -0.3 is 5.32 Å². The zero-order chi connectivity index (χ0) is 14.8. The molecule has 1 N–H and O–H groups in total. The topological polar surface area (TPSA) is 42.0 Å². The van der Waals surface area contributed by atoms with Crippen molar-refractivity contribution < 1.29 is 4.79 Å². The molecule has 0 aliphatic heterocycles. The molecule has 0 saturated carbocycles. The first-order valence-electron chi connectivity index (χ1n) is 6.08. The number of pyridine rings is 1. The van der Waals surface area contributed by atoms with Crippen molar-refractivity contribution >= 4 is 29.1 Å². The molecule has 0 unspecified atom stereocenters. The van der Waals surface area contributed by atoms with Crippen LogP contribution in [0.4, 0.5) is 0 Å². The first-order chi connectivity index (χ1) is 9.40. The molecule has 104 valence electrons. The maximum absolute atomic E-state index is 12.3. The summed E-state index contributed by atoms with van der Waals surface area (Å²) in [4.78, 5) is 16.3. The molecule has 2 rings (SSSR count). The highest BCUT2D eigenvalue weighted by Gasteiger charge is 2.24. The van der Waals surface area contributed by atoms with Crippen LogP contribution in [0.25, 0.3) is 0 Å². The number of rotatable bonds is 3. The molecule has 0 fully saturated rings. The number of nitrogens with zero attached hydrogens (tertiary/aromatic N) is 1. The predicted molar refractivity (Wildman–Crippen MR) is 81.2 cm³/mol. The highest BCUT2D eigenvalue weighted by Crippen LogP contribution is 2.24. The van der Waals surface area contributed by atoms with Gasteiger partial charge in [-0.05, 0) is 49.7 Å². The first-order valence-corrected chi connectivity index (χ1v) is 6.84. The van der Waals surface area contributed by atoms with Crippen molar-refractivity contribution in [2.45, 2.75) is 19.4 Å². The van der Waals surface area contributed by atoms with Gasteiger partial charge in [-0.3, -0.25) is 9.78 Å². The SMILES string of the molecule is CC(C)(NC(=O)c1ccc(Cl)cc1Cl)c1ccncc1. The van der Waals surface area contributed by atoms with Gasteiger partial charge in [-0.1, -0.05) is 23.2 Å². The summed E-state index contributed by atoms with van der Waals surface area (Å²) in [6.07, 6.45) is 3.39. The van der Waals surface area contributed by atoms with Gasteiger partial charge in [0, 0.05) is 17.4 Å². The number of halogens is 2. The van der Waals surface area contributed by atoms with Crippen molar-refractivity contribution in [2.24, 2.45) is 0 Å². The van der Waals surface area contributed by atoms with E-state index in [1.54, 1.807) is 30.6 Å². The van der Waals surface area contributed by atoms with Crippen molar-refractivity contribution in [3.05, 3.63) is 63.9 Å². The highest BCUT2D eigenvalue weighted by atomic mass is 35.5. The van der Waals surface area contributed by atoms with E-state index in [2.05, 4.69) is 10.3 Å². The maximum atomic E-state index is 12.3. The maximum Gasteiger partial charge on any atom is 0.253 e. The molecule has 0 radical (unpaired) electrons. The van der Waals surface area contributed by atoms with E-state index >= 15 is 0 Å². The van der Waals surface area contributed by atoms with Crippen molar-refractivity contribution in [1.29, 1.82) is 0 Å². The van der Waals surface area contributed by atoms with E-state index in [-0.39, 0.29) is 5.91 Å². The molecule has 0 aliphatic rings. The largest absolute Gasteiger partial charge is 0.343 e. The van der Waals surface area contributed by atoms with Gasteiger partial charge in [0.15, 0.2) is 0 Å². The van der Waals surface area contributed by atoms with Crippen LogP contribution in [-0.4, -0.2) is 10.9 Å². The molecule has 0 aliphatic carbocycles. The summed E-state index contributed by atoms with van der Waals surface area (Å²) in [5, 5.41) is 3.79. The Morgan fingerprint density at radius 1 is 1.15 bits per heavy atom. The molecule has 0 bridgehead atoms. The monoisotopic (exact) mass is 308 g/mol. The Kier molecular flexibility index (Phi) is 4.31. The molecule has 0 saturated heterocycles. The third kappa shape index (κ3) is 3.30. The molecular weight excluding hydrogens is 295 g/mol. The number of benzene rings is 1. The van der Waals surface area contributed by atoms with E-state index in [4.69, 9.17) is 23.2 Å². The van der Waals surface area contributed by atoms with Crippen LogP contribution < -0.4 is 5.32 Å². The molecule has 1 aromatic carbocycles. The number of hydrogen-bond donors (Lipinski definition) is 1. The number of carbonyl (C=O) groups is 1. The van der Waals surface area contributed by atoms with E-state index in [0.29, 0.717) is 15.6 Å². The Labute approximate surface area is 127 Å². The lowest BCUT2D eigenvalue weighted by Gasteiger charge is -2.27. The average Bonchev–Trinajstić information content (AvgIpc) is 2.39. The van der Waals surface area contributed by atoms with Crippen LogP contribution in [0.5, 0.6) is 0 Å². The third-order valence-corrected chi connectivity index (χ3v) is 3.55. The van der Waals surface area contributed by atoms with Gasteiger partial charge in [0.25, 0.3) is 5.91 Å². The summed E-state index contributed by atoms with van der Waals surface area (Å²) in [5.74, 6) is -0.242. The average molecular weight is 309 g/mol. The molecule has 20 heavy (non-hydrogen) atoms. The second-order valence-corrected chi connectivity index (χ2v) is 5.78. The van der Waals surface area contributed by atoms with Crippen molar-refractivity contribution in [2.75, 3.05) is 0 Å². The Morgan fingerprint density at radius 2 is 1.80 bits per heavy atom. The van der Waals surface area contributed by atoms with Gasteiger partial charge >= 0.3 is 0 Å². The lowest BCUT2D eigenvalue weighted by molar-refractivity contribution is 0.0912. The normalized spacial score (nSPS) is 11.2. The second kappa shape index (κ2) is 5.81. The lowest BCUT2D eigenvalue weighted by atomic mass is 9.95. The standard InChI is InChI=1S/C15H14Cl2N2O/c1-15(2,10-5-7-18-8-6-10)19-14(20)12-4-3-11(16)9-13(12)17/h3-9H,1-2H3,(H,19,20). The minimum absolute atomic E-state index is 0.242. The van der Waals surface area contributed by atoms with Gasteiger partial charge in [0.05, 0.1) is 16.1 Å². The summed E-state index contributed by atoms with van der Waals surface area (Å²) in [5.41, 5.74) is 0.840.